The molecule has 7 nitrogen and oxygen atoms in total. The summed E-state index contributed by atoms with van der Waals surface area (Å²) in [5.74, 6) is -2.30. The third kappa shape index (κ3) is 6.19. The van der Waals surface area contributed by atoms with Crippen molar-refractivity contribution in [1.29, 1.82) is 0 Å². The number of aliphatic carboxylic acids is 1. The van der Waals surface area contributed by atoms with Crippen LogP contribution in [0.4, 0.5) is 0 Å². The lowest BCUT2D eigenvalue weighted by molar-refractivity contribution is -0.138. The van der Waals surface area contributed by atoms with Gasteiger partial charge in [0.25, 0.3) is 0 Å². The first-order valence-electron chi connectivity index (χ1n) is 6.22. The molecule has 0 aliphatic rings. The molecule has 0 saturated heterocycles. The minimum Gasteiger partial charge on any atom is -0.480 e. The van der Waals surface area contributed by atoms with Crippen LogP contribution in [0.5, 0.6) is 0 Å². The molecule has 0 saturated carbocycles. The molecule has 0 aliphatic heterocycles. The topological polar surface area (TPSA) is 122 Å². The van der Waals surface area contributed by atoms with Gasteiger partial charge in [0.2, 0.25) is 11.8 Å². The van der Waals surface area contributed by atoms with Crippen molar-refractivity contribution < 1.29 is 19.5 Å². The quantitative estimate of drug-likeness (QED) is 0.489. The molecule has 2 atom stereocenters. The van der Waals surface area contributed by atoms with Crippen LogP contribution in [0, 0.1) is 11.8 Å². The number of hydrogen-bond acceptors (Lipinski definition) is 4. The van der Waals surface area contributed by atoms with Crippen LogP contribution in [0.1, 0.15) is 27.7 Å². The Kier molecular flexibility index (Phi) is 7.06. The van der Waals surface area contributed by atoms with Crippen molar-refractivity contribution in [3.63, 3.8) is 0 Å². The number of hydrogen-bond donors (Lipinski definition) is 4. The summed E-state index contributed by atoms with van der Waals surface area (Å²) in [5.41, 5.74) is 5.69. The highest BCUT2D eigenvalue weighted by Gasteiger charge is 2.27. The highest BCUT2D eigenvalue weighted by Crippen LogP contribution is 2.04. The fourth-order valence-corrected chi connectivity index (χ4v) is 1.36. The second-order valence-corrected chi connectivity index (χ2v) is 5.11. The van der Waals surface area contributed by atoms with Gasteiger partial charge in [0, 0.05) is 0 Å². The van der Waals surface area contributed by atoms with E-state index in [-0.39, 0.29) is 11.8 Å². The van der Waals surface area contributed by atoms with E-state index in [9.17, 15) is 14.4 Å². The second-order valence-electron chi connectivity index (χ2n) is 5.11. The van der Waals surface area contributed by atoms with E-state index in [0.717, 1.165) is 0 Å². The van der Waals surface area contributed by atoms with E-state index in [0.29, 0.717) is 0 Å². The third-order valence-electron chi connectivity index (χ3n) is 2.68. The van der Waals surface area contributed by atoms with Gasteiger partial charge in [-0.3, -0.25) is 14.4 Å². The highest BCUT2D eigenvalue weighted by atomic mass is 16.4. The van der Waals surface area contributed by atoms with Crippen LogP contribution >= 0.6 is 0 Å². The van der Waals surface area contributed by atoms with Crippen molar-refractivity contribution >= 4 is 17.8 Å². The Balaban J connectivity index is 4.61. The molecular weight excluding hydrogens is 250 g/mol. The van der Waals surface area contributed by atoms with Gasteiger partial charge in [-0.2, -0.15) is 0 Å². The van der Waals surface area contributed by atoms with Crippen molar-refractivity contribution in [2.24, 2.45) is 17.6 Å². The number of carbonyl (C=O) groups is 3. The number of nitrogens with one attached hydrogen (secondary N) is 2. The standard InChI is InChI=1S/C12H23N3O4/c1-6(2)9(13)11(18)15-10(7(3)4)12(19)14-5-8(16)17/h6-7,9-10H,5,13H2,1-4H3,(H,14,19)(H,15,18)(H,16,17). The molecule has 0 spiro atoms. The Morgan fingerprint density at radius 3 is 1.95 bits per heavy atom. The smallest absolute Gasteiger partial charge is 0.322 e. The molecule has 2 unspecified atom stereocenters. The van der Waals surface area contributed by atoms with Crippen LogP contribution in [0.3, 0.4) is 0 Å². The molecule has 2 amide bonds. The lowest BCUT2D eigenvalue weighted by Gasteiger charge is -2.24. The fraction of sp³-hybridized carbons (Fsp3) is 0.750. The first kappa shape index (κ1) is 17.4. The summed E-state index contributed by atoms with van der Waals surface area (Å²) < 4.78 is 0. The first-order valence-corrected chi connectivity index (χ1v) is 6.22. The van der Waals surface area contributed by atoms with Gasteiger partial charge in [-0.15, -0.1) is 0 Å². The van der Waals surface area contributed by atoms with Gasteiger partial charge in [-0.05, 0) is 11.8 Å². The Morgan fingerprint density at radius 2 is 1.58 bits per heavy atom. The van der Waals surface area contributed by atoms with E-state index in [2.05, 4.69) is 10.6 Å². The predicted octanol–water partition coefficient (Wildman–Crippen LogP) is -0.689. The normalized spacial score (nSPS) is 14.1. The number of rotatable bonds is 7. The number of nitrogens with two attached hydrogens (primary N) is 1. The zero-order chi connectivity index (χ0) is 15.2. The molecule has 0 aromatic heterocycles. The molecule has 0 radical (unpaired) electrons. The second kappa shape index (κ2) is 7.73. The van der Waals surface area contributed by atoms with Gasteiger partial charge in [-0.1, -0.05) is 27.7 Å². The maximum atomic E-state index is 11.8. The Bertz CT molecular complexity index is 342. The summed E-state index contributed by atoms with van der Waals surface area (Å²) >= 11 is 0. The van der Waals surface area contributed by atoms with E-state index < -0.39 is 36.4 Å². The Hall–Kier alpha value is -1.63. The molecule has 0 fully saturated rings. The number of carbonyl (C=O) groups excluding carboxylic acids is 2. The first-order chi connectivity index (χ1) is 8.66. The summed E-state index contributed by atoms with van der Waals surface area (Å²) in [6, 6.07) is -1.50. The maximum Gasteiger partial charge on any atom is 0.322 e. The lowest BCUT2D eigenvalue weighted by atomic mass is 10.0. The van der Waals surface area contributed by atoms with Gasteiger partial charge < -0.3 is 21.5 Å². The van der Waals surface area contributed by atoms with Gasteiger partial charge in [0.1, 0.15) is 12.6 Å². The molecular formula is C12H23N3O4. The highest BCUT2D eigenvalue weighted by molar-refractivity contribution is 5.91. The number of carboxylic acids is 1. The summed E-state index contributed by atoms with van der Waals surface area (Å²) in [5, 5.41) is 13.3. The predicted molar refractivity (Wildman–Crippen MR) is 70.2 cm³/mol. The van der Waals surface area contributed by atoms with Crippen molar-refractivity contribution in [1.82, 2.24) is 10.6 Å². The molecule has 7 heteroatoms. The van der Waals surface area contributed by atoms with Gasteiger partial charge in [-0.25, -0.2) is 0 Å². The molecule has 0 aliphatic carbocycles. The number of amides is 2. The molecule has 19 heavy (non-hydrogen) atoms. The zero-order valence-corrected chi connectivity index (χ0v) is 11.8. The van der Waals surface area contributed by atoms with E-state index in [1.807, 2.05) is 0 Å². The van der Waals surface area contributed by atoms with E-state index in [1.54, 1.807) is 27.7 Å². The van der Waals surface area contributed by atoms with Crippen LogP contribution in [-0.4, -0.2) is 41.5 Å². The SMILES string of the molecule is CC(C)C(N)C(=O)NC(C(=O)NCC(=O)O)C(C)C. The average Bonchev–Trinajstić information content (AvgIpc) is 2.30. The van der Waals surface area contributed by atoms with Crippen LogP contribution in [0.2, 0.25) is 0 Å². The van der Waals surface area contributed by atoms with Crippen LogP contribution < -0.4 is 16.4 Å². The zero-order valence-electron chi connectivity index (χ0n) is 11.8. The van der Waals surface area contributed by atoms with Crippen LogP contribution in [0.15, 0.2) is 0 Å². The third-order valence-corrected chi connectivity index (χ3v) is 2.68. The van der Waals surface area contributed by atoms with Gasteiger partial charge in [0.05, 0.1) is 6.04 Å². The fourth-order valence-electron chi connectivity index (χ4n) is 1.36. The lowest BCUT2D eigenvalue weighted by Crippen LogP contribution is -2.55. The summed E-state index contributed by atoms with van der Waals surface area (Å²) in [6.45, 7) is 6.64. The van der Waals surface area contributed by atoms with Crippen molar-refractivity contribution in [3.05, 3.63) is 0 Å². The molecule has 5 N–H and O–H groups in total. The Labute approximate surface area is 112 Å². The number of carboxylic acid groups (broad SMARTS) is 1. The van der Waals surface area contributed by atoms with Gasteiger partial charge >= 0.3 is 5.97 Å². The minimum absolute atomic E-state index is 0.0464. The molecule has 0 rings (SSSR count). The Morgan fingerprint density at radius 1 is 1.05 bits per heavy atom. The molecule has 110 valence electrons. The molecule has 0 heterocycles. The average molecular weight is 273 g/mol. The van der Waals surface area contributed by atoms with Crippen molar-refractivity contribution in [2.45, 2.75) is 39.8 Å². The minimum atomic E-state index is -1.14. The molecule has 0 aromatic carbocycles. The largest absolute Gasteiger partial charge is 0.480 e. The van der Waals surface area contributed by atoms with Crippen molar-refractivity contribution in [2.75, 3.05) is 6.54 Å². The molecule has 0 aromatic rings. The van der Waals surface area contributed by atoms with E-state index >= 15 is 0 Å². The van der Waals surface area contributed by atoms with Gasteiger partial charge in [0.15, 0.2) is 0 Å². The summed E-state index contributed by atoms with van der Waals surface area (Å²) in [6.07, 6.45) is 0. The van der Waals surface area contributed by atoms with E-state index in [1.165, 1.54) is 0 Å². The van der Waals surface area contributed by atoms with E-state index in [4.69, 9.17) is 10.8 Å². The van der Waals surface area contributed by atoms with Crippen LogP contribution in [0.25, 0.3) is 0 Å². The monoisotopic (exact) mass is 273 g/mol. The molecule has 0 bridgehead atoms. The summed E-state index contributed by atoms with van der Waals surface area (Å²) in [4.78, 5) is 34.0. The summed E-state index contributed by atoms with van der Waals surface area (Å²) in [7, 11) is 0. The van der Waals surface area contributed by atoms with Crippen LogP contribution in [-0.2, 0) is 14.4 Å². The van der Waals surface area contributed by atoms with Crippen molar-refractivity contribution in [3.8, 4) is 0 Å². The maximum absolute atomic E-state index is 11.8.